The van der Waals surface area contributed by atoms with Crippen molar-refractivity contribution in [2.45, 2.75) is 6.54 Å². The van der Waals surface area contributed by atoms with Crippen LogP contribution in [-0.2, 0) is 6.54 Å². The van der Waals surface area contributed by atoms with Crippen LogP contribution in [0.2, 0.25) is 0 Å². The standard InChI is InChI=1S/C19H19N5O/c1-25-19-9-17(7-8-18(19)16-10-20-21-11-16)24-14-23(13-22-24)12-15-5-3-2-4-6-15/h2-11,13H,12,14H2,1H3,(H,20,21). The molecule has 0 unspecified atom stereocenters. The van der Waals surface area contributed by atoms with E-state index in [-0.39, 0.29) is 0 Å². The average molecular weight is 333 g/mol. The summed E-state index contributed by atoms with van der Waals surface area (Å²) in [5.41, 5.74) is 4.27. The summed E-state index contributed by atoms with van der Waals surface area (Å²) < 4.78 is 5.56. The molecule has 0 fully saturated rings. The Bertz CT molecular complexity index is 861. The summed E-state index contributed by atoms with van der Waals surface area (Å²) in [6.07, 6.45) is 5.52. The zero-order valence-corrected chi connectivity index (χ0v) is 14.0. The number of nitrogens with zero attached hydrogens (tertiary/aromatic N) is 4. The molecular weight excluding hydrogens is 314 g/mol. The molecule has 0 saturated carbocycles. The number of hydrogen-bond donors (Lipinski definition) is 1. The summed E-state index contributed by atoms with van der Waals surface area (Å²) in [5.74, 6) is 0.801. The summed E-state index contributed by atoms with van der Waals surface area (Å²) in [6.45, 7) is 1.55. The molecule has 0 bridgehead atoms. The molecule has 0 atom stereocenters. The maximum atomic E-state index is 5.56. The molecule has 126 valence electrons. The zero-order valence-electron chi connectivity index (χ0n) is 14.0. The van der Waals surface area contributed by atoms with Crippen LogP contribution in [0.1, 0.15) is 5.56 Å². The van der Waals surface area contributed by atoms with Gasteiger partial charge in [0.2, 0.25) is 0 Å². The van der Waals surface area contributed by atoms with Gasteiger partial charge in [-0.05, 0) is 17.7 Å². The van der Waals surface area contributed by atoms with Crippen LogP contribution >= 0.6 is 0 Å². The molecular formula is C19H19N5O. The number of rotatable bonds is 5. The maximum absolute atomic E-state index is 5.56. The molecule has 0 saturated heterocycles. The average Bonchev–Trinajstić information content (AvgIpc) is 3.34. The molecule has 3 aromatic rings. The Labute approximate surface area is 146 Å². The predicted molar refractivity (Wildman–Crippen MR) is 98.4 cm³/mol. The van der Waals surface area contributed by atoms with E-state index in [1.807, 2.05) is 41.8 Å². The van der Waals surface area contributed by atoms with E-state index in [0.29, 0.717) is 6.67 Å². The van der Waals surface area contributed by atoms with E-state index in [0.717, 1.165) is 29.1 Å². The largest absolute Gasteiger partial charge is 0.496 e. The van der Waals surface area contributed by atoms with Crippen molar-refractivity contribution >= 4 is 12.0 Å². The van der Waals surface area contributed by atoms with E-state index in [1.165, 1.54) is 5.56 Å². The number of aromatic amines is 1. The second-order valence-electron chi connectivity index (χ2n) is 5.88. The van der Waals surface area contributed by atoms with Gasteiger partial charge in [0, 0.05) is 29.9 Å². The Morgan fingerprint density at radius 1 is 1.16 bits per heavy atom. The summed E-state index contributed by atoms with van der Waals surface area (Å²) in [6, 6.07) is 16.5. The first-order chi connectivity index (χ1) is 12.3. The third-order valence-corrected chi connectivity index (χ3v) is 4.19. The fraction of sp³-hybridized carbons (Fsp3) is 0.158. The highest BCUT2D eigenvalue weighted by molar-refractivity contribution is 5.73. The van der Waals surface area contributed by atoms with Gasteiger partial charge >= 0.3 is 0 Å². The Balaban J connectivity index is 1.50. The first kappa shape index (κ1) is 15.3. The molecule has 1 aliphatic rings. The fourth-order valence-corrected chi connectivity index (χ4v) is 2.91. The minimum absolute atomic E-state index is 0.711. The molecule has 0 radical (unpaired) electrons. The molecule has 6 heteroatoms. The molecule has 0 spiro atoms. The number of nitrogens with one attached hydrogen (secondary N) is 1. The molecule has 1 N–H and O–H groups in total. The SMILES string of the molecule is COc1cc(N2CN(Cc3ccccc3)C=N2)ccc1-c1cn[nH]c1. The van der Waals surface area contributed by atoms with Gasteiger partial charge in [0.25, 0.3) is 0 Å². The van der Waals surface area contributed by atoms with Crippen LogP contribution in [0, 0.1) is 0 Å². The molecule has 4 rings (SSSR count). The Morgan fingerprint density at radius 3 is 2.80 bits per heavy atom. The second-order valence-corrected chi connectivity index (χ2v) is 5.88. The molecule has 0 amide bonds. The van der Waals surface area contributed by atoms with Gasteiger partial charge in [0.05, 0.1) is 19.0 Å². The van der Waals surface area contributed by atoms with Crippen molar-refractivity contribution in [2.75, 3.05) is 18.8 Å². The molecule has 1 aliphatic heterocycles. The van der Waals surface area contributed by atoms with Gasteiger partial charge in [-0.25, -0.2) is 5.01 Å². The van der Waals surface area contributed by atoms with E-state index in [2.05, 4.69) is 44.5 Å². The molecule has 2 heterocycles. The van der Waals surface area contributed by atoms with Gasteiger partial charge in [-0.15, -0.1) is 0 Å². The topological polar surface area (TPSA) is 56.8 Å². The van der Waals surface area contributed by atoms with Gasteiger partial charge in [-0.3, -0.25) is 5.10 Å². The first-order valence-electron chi connectivity index (χ1n) is 8.10. The van der Waals surface area contributed by atoms with Gasteiger partial charge in [-0.1, -0.05) is 30.3 Å². The highest BCUT2D eigenvalue weighted by atomic mass is 16.5. The van der Waals surface area contributed by atoms with Crippen LogP contribution in [0.15, 0.2) is 66.0 Å². The number of H-pyrrole nitrogens is 1. The predicted octanol–water partition coefficient (Wildman–Crippen LogP) is 3.31. The van der Waals surface area contributed by atoms with Crippen molar-refractivity contribution in [1.82, 2.24) is 15.1 Å². The monoisotopic (exact) mass is 333 g/mol. The number of aromatic nitrogens is 2. The van der Waals surface area contributed by atoms with Crippen LogP contribution in [0.3, 0.4) is 0 Å². The number of methoxy groups -OCH3 is 1. The summed E-state index contributed by atoms with van der Waals surface area (Å²) in [4.78, 5) is 2.17. The van der Waals surface area contributed by atoms with E-state index in [9.17, 15) is 0 Å². The van der Waals surface area contributed by atoms with Crippen molar-refractivity contribution < 1.29 is 4.74 Å². The first-order valence-corrected chi connectivity index (χ1v) is 8.10. The van der Waals surface area contributed by atoms with Crippen molar-refractivity contribution in [3.05, 3.63) is 66.5 Å². The lowest BCUT2D eigenvalue weighted by atomic mass is 10.1. The van der Waals surface area contributed by atoms with E-state index < -0.39 is 0 Å². The van der Waals surface area contributed by atoms with Crippen molar-refractivity contribution in [2.24, 2.45) is 5.10 Å². The molecule has 1 aromatic heterocycles. The smallest absolute Gasteiger partial charge is 0.128 e. The van der Waals surface area contributed by atoms with E-state index in [1.54, 1.807) is 13.3 Å². The quantitative estimate of drug-likeness (QED) is 0.778. The summed E-state index contributed by atoms with van der Waals surface area (Å²) >= 11 is 0. The summed E-state index contributed by atoms with van der Waals surface area (Å²) in [5, 5.41) is 13.3. The Kier molecular flexibility index (Phi) is 4.08. The molecule has 25 heavy (non-hydrogen) atoms. The van der Waals surface area contributed by atoms with Gasteiger partial charge < -0.3 is 9.64 Å². The molecule has 2 aromatic carbocycles. The van der Waals surface area contributed by atoms with Crippen LogP contribution in [0.5, 0.6) is 5.75 Å². The highest BCUT2D eigenvalue weighted by Gasteiger charge is 2.17. The van der Waals surface area contributed by atoms with Crippen molar-refractivity contribution in [3.8, 4) is 16.9 Å². The van der Waals surface area contributed by atoms with Crippen LogP contribution in [0.25, 0.3) is 11.1 Å². The second kappa shape index (κ2) is 6.68. The third-order valence-electron chi connectivity index (χ3n) is 4.19. The van der Waals surface area contributed by atoms with E-state index in [4.69, 9.17) is 4.74 Å². The lowest BCUT2D eigenvalue weighted by Crippen LogP contribution is -2.26. The minimum atomic E-state index is 0.711. The van der Waals surface area contributed by atoms with Crippen LogP contribution in [0.4, 0.5) is 5.69 Å². The summed E-state index contributed by atoms with van der Waals surface area (Å²) in [7, 11) is 1.68. The fourth-order valence-electron chi connectivity index (χ4n) is 2.91. The van der Waals surface area contributed by atoms with Gasteiger partial charge in [0.15, 0.2) is 0 Å². The number of benzene rings is 2. The normalized spacial score (nSPS) is 13.5. The minimum Gasteiger partial charge on any atom is -0.496 e. The van der Waals surface area contributed by atoms with Crippen molar-refractivity contribution in [3.63, 3.8) is 0 Å². The number of ether oxygens (including phenoxy) is 1. The lowest BCUT2D eigenvalue weighted by molar-refractivity contribution is 0.416. The van der Waals surface area contributed by atoms with E-state index >= 15 is 0 Å². The molecule has 6 nitrogen and oxygen atoms in total. The molecule has 0 aliphatic carbocycles. The number of hydrazone groups is 1. The van der Waals surface area contributed by atoms with Crippen LogP contribution in [-0.4, -0.2) is 35.2 Å². The third kappa shape index (κ3) is 3.19. The lowest BCUT2D eigenvalue weighted by Gasteiger charge is -2.20. The zero-order chi connectivity index (χ0) is 17.1. The van der Waals surface area contributed by atoms with Crippen LogP contribution < -0.4 is 9.75 Å². The highest BCUT2D eigenvalue weighted by Crippen LogP contribution is 2.33. The van der Waals surface area contributed by atoms with Crippen molar-refractivity contribution in [1.29, 1.82) is 0 Å². The number of hydrogen-bond acceptors (Lipinski definition) is 5. The Hall–Kier alpha value is -3.28. The Morgan fingerprint density at radius 2 is 2.04 bits per heavy atom. The van der Waals surface area contributed by atoms with Gasteiger partial charge in [0.1, 0.15) is 18.8 Å². The van der Waals surface area contributed by atoms with Gasteiger partial charge in [-0.2, -0.15) is 10.2 Å². The number of anilines is 1. The maximum Gasteiger partial charge on any atom is 0.128 e.